The molecule has 1 atom stereocenters. The highest BCUT2D eigenvalue weighted by molar-refractivity contribution is 6.38. The molecule has 1 saturated heterocycles. The van der Waals surface area contributed by atoms with Crippen molar-refractivity contribution in [3.8, 4) is 0 Å². The molecule has 0 radical (unpaired) electrons. The van der Waals surface area contributed by atoms with Gasteiger partial charge in [0.2, 0.25) is 5.78 Å². The summed E-state index contributed by atoms with van der Waals surface area (Å²) < 4.78 is 0. The number of hydrogen-bond donors (Lipinski definition) is 1. The molecule has 2 N–H and O–H groups in total. The first-order valence-corrected chi connectivity index (χ1v) is 14.4. The molecular weight excluding hydrogens is 510 g/mol. The van der Waals surface area contributed by atoms with Crippen LogP contribution >= 0.6 is 0 Å². The first kappa shape index (κ1) is 29.9. The number of Topliss-reactive ketones (excluding diaryl/α,β-unsaturated/α-hetero) is 1. The van der Waals surface area contributed by atoms with Gasteiger partial charge in [-0.2, -0.15) is 0 Å². The minimum absolute atomic E-state index is 0.163. The number of primary amides is 1. The normalized spacial score (nSPS) is 15.5. The van der Waals surface area contributed by atoms with Crippen LogP contribution in [0.1, 0.15) is 60.7 Å². The van der Waals surface area contributed by atoms with Crippen molar-refractivity contribution in [3.63, 3.8) is 0 Å². The fourth-order valence-corrected chi connectivity index (χ4v) is 5.48. The van der Waals surface area contributed by atoms with Crippen LogP contribution in [0.25, 0.3) is 6.08 Å². The molecule has 0 spiro atoms. The summed E-state index contributed by atoms with van der Waals surface area (Å²) in [5.41, 5.74) is 9.16. The van der Waals surface area contributed by atoms with Crippen LogP contribution < -0.4 is 5.73 Å². The molecule has 4 rings (SSSR count). The smallest absolute Gasteiger partial charge is 0.287 e. The quantitative estimate of drug-likeness (QED) is 0.327. The van der Waals surface area contributed by atoms with Gasteiger partial charge in [0.15, 0.2) is 0 Å². The van der Waals surface area contributed by atoms with Crippen LogP contribution in [0.3, 0.4) is 0 Å². The predicted octanol–water partition coefficient (Wildman–Crippen LogP) is 5.72. The molecule has 6 nitrogen and oxygen atoms in total. The molecule has 6 heteroatoms. The molecule has 3 aromatic carbocycles. The second-order valence-corrected chi connectivity index (χ2v) is 12.0. The third-order valence-corrected chi connectivity index (χ3v) is 8.03. The summed E-state index contributed by atoms with van der Waals surface area (Å²) in [6.45, 7) is 10.1. The Kier molecular flexibility index (Phi) is 9.90. The fourth-order valence-electron chi connectivity index (χ4n) is 5.48. The van der Waals surface area contributed by atoms with E-state index >= 15 is 0 Å². The predicted molar refractivity (Wildman–Crippen MR) is 164 cm³/mol. The number of rotatable bonds is 10. The van der Waals surface area contributed by atoms with E-state index in [9.17, 15) is 14.4 Å². The second-order valence-electron chi connectivity index (χ2n) is 12.0. The van der Waals surface area contributed by atoms with Crippen LogP contribution in [0.4, 0.5) is 0 Å². The van der Waals surface area contributed by atoms with Gasteiger partial charge in [-0.25, -0.2) is 0 Å². The number of carbonyl (C=O) groups excluding carboxylic acids is 3. The van der Waals surface area contributed by atoms with Crippen molar-refractivity contribution in [2.24, 2.45) is 17.1 Å². The Bertz CT molecular complexity index is 1340. The van der Waals surface area contributed by atoms with Gasteiger partial charge in [-0.05, 0) is 72.2 Å². The zero-order valence-corrected chi connectivity index (χ0v) is 24.3. The maximum atomic E-state index is 13.7. The standard InChI is InChI=1S/C35H41N3O3/c1-35(2,3)30-19-21-37(22-20-30)25-28-16-14-26(15-17-28)18-23-38(34(41)29-12-8-5-9-13-29)31(32(39)33(36)40)24-27-10-6-4-7-11-27/h4-18,23,30-31H,19-22,24-25H2,1-3H3,(H2,36,40). The number of carbonyl (C=O) groups is 3. The van der Waals surface area contributed by atoms with Crippen molar-refractivity contribution in [2.45, 2.75) is 52.6 Å². The zero-order valence-electron chi connectivity index (χ0n) is 24.3. The van der Waals surface area contributed by atoms with Crippen molar-refractivity contribution >= 4 is 23.7 Å². The summed E-state index contributed by atoms with van der Waals surface area (Å²) in [6.07, 6.45) is 6.01. The maximum absolute atomic E-state index is 13.7. The van der Waals surface area contributed by atoms with E-state index in [0.29, 0.717) is 11.0 Å². The monoisotopic (exact) mass is 551 g/mol. The summed E-state index contributed by atoms with van der Waals surface area (Å²) in [4.78, 5) is 42.6. The molecule has 0 saturated carbocycles. The molecule has 41 heavy (non-hydrogen) atoms. The summed E-state index contributed by atoms with van der Waals surface area (Å²) in [5, 5.41) is 0. The summed E-state index contributed by atoms with van der Waals surface area (Å²) >= 11 is 0. The first-order valence-electron chi connectivity index (χ1n) is 14.4. The summed E-state index contributed by atoms with van der Waals surface area (Å²) in [5.74, 6) is -1.50. The van der Waals surface area contributed by atoms with Crippen molar-refractivity contribution in [2.75, 3.05) is 13.1 Å². The number of amides is 2. The Morgan fingerprint density at radius 1 is 0.878 bits per heavy atom. The lowest BCUT2D eigenvalue weighted by Gasteiger charge is -2.38. The second kappa shape index (κ2) is 13.6. The highest BCUT2D eigenvalue weighted by Gasteiger charge is 2.32. The van der Waals surface area contributed by atoms with Crippen molar-refractivity contribution in [1.29, 1.82) is 0 Å². The van der Waals surface area contributed by atoms with Gasteiger partial charge < -0.3 is 10.6 Å². The fraction of sp³-hybridized carbons (Fsp3) is 0.343. The molecule has 0 aliphatic carbocycles. The highest BCUT2D eigenvalue weighted by atomic mass is 16.2. The van der Waals surface area contributed by atoms with E-state index in [1.54, 1.807) is 36.5 Å². The van der Waals surface area contributed by atoms with Gasteiger partial charge in [-0.15, -0.1) is 0 Å². The number of nitrogens with zero attached hydrogens (tertiary/aromatic N) is 2. The van der Waals surface area contributed by atoms with Gasteiger partial charge in [-0.1, -0.05) is 93.6 Å². The van der Waals surface area contributed by atoms with Crippen molar-refractivity contribution in [3.05, 3.63) is 113 Å². The molecule has 0 bridgehead atoms. The highest BCUT2D eigenvalue weighted by Crippen LogP contribution is 2.34. The lowest BCUT2D eigenvalue weighted by atomic mass is 9.75. The van der Waals surface area contributed by atoms with E-state index in [1.807, 2.05) is 48.5 Å². The lowest BCUT2D eigenvalue weighted by molar-refractivity contribution is -0.138. The molecule has 1 aliphatic heterocycles. The summed E-state index contributed by atoms with van der Waals surface area (Å²) in [6, 6.07) is 25.2. The van der Waals surface area contributed by atoms with E-state index < -0.39 is 17.7 Å². The van der Waals surface area contributed by atoms with Crippen LogP contribution in [0, 0.1) is 11.3 Å². The number of likely N-dealkylation sites (tertiary alicyclic amines) is 1. The van der Waals surface area contributed by atoms with Crippen LogP contribution in [-0.2, 0) is 22.6 Å². The Morgan fingerprint density at radius 2 is 1.46 bits per heavy atom. The van der Waals surface area contributed by atoms with Gasteiger partial charge in [0.05, 0.1) is 0 Å². The zero-order chi connectivity index (χ0) is 29.4. The van der Waals surface area contributed by atoms with E-state index in [0.717, 1.165) is 36.7 Å². The largest absolute Gasteiger partial charge is 0.363 e. The molecule has 0 aromatic heterocycles. The molecule has 1 unspecified atom stereocenters. The molecule has 2 amide bonds. The maximum Gasteiger partial charge on any atom is 0.287 e. The van der Waals surface area contributed by atoms with Gasteiger partial charge >= 0.3 is 0 Å². The average Bonchev–Trinajstić information content (AvgIpc) is 2.97. The number of ketones is 1. The van der Waals surface area contributed by atoms with Crippen molar-refractivity contribution < 1.29 is 14.4 Å². The third-order valence-electron chi connectivity index (χ3n) is 8.03. The number of piperidine rings is 1. The van der Waals surface area contributed by atoms with Gasteiger partial charge in [0.25, 0.3) is 11.8 Å². The van der Waals surface area contributed by atoms with Crippen LogP contribution in [0.5, 0.6) is 0 Å². The van der Waals surface area contributed by atoms with Gasteiger partial charge in [-0.3, -0.25) is 19.3 Å². The van der Waals surface area contributed by atoms with E-state index in [1.165, 1.54) is 23.3 Å². The van der Waals surface area contributed by atoms with Gasteiger partial charge in [0.1, 0.15) is 6.04 Å². The Balaban J connectivity index is 1.53. The molecular formula is C35H41N3O3. The number of nitrogens with two attached hydrogens (primary N) is 1. The Labute approximate surface area is 243 Å². The number of hydrogen-bond acceptors (Lipinski definition) is 4. The Morgan fingerprint density at radius 3 is 2.02 bits per heavy atom. The van der Waals surface area contributed by atoms with E-state index in [-0.39, 0.29) is 12.3 Å². The first-order chi connectivity index (χ1) is 19.6. The minimum atomic E-state index is -1.07. The van der Waals surface area contributed by atoms with Crippen LogP contribution in [0.2, 0.25) is 0 Å². The van der Waals surface area contributed by atoms with Crippen LogP contribution in [-0.4, -0.2) is 46.5 Å². The SMILES string of the molecule is CC(C)(C)C1CCN(Cc2ccc(C=CN(C(=O)c3ccccc3)C(Cc3ccccc3)C(=O)C(N)=O)cc2)CC1. The number of benzene rings is 3. The Hall–Kier alpha value is -4.03. The van der Waals surface area contributed by atoms with Crippen molar-refractivity contribution in [1.82, 2.24) is 9.80 Å². The molecule has 3 aromatic rings. The summed E-state index contributed by atoms with van der Waals surface area (Å²) in [7, 11) is 0. The third kappa shape index (κ3) is 8.24. The molecule has 1 aliphatic rings. The van der Waals surface area contributed by atoms with Crippen LogP contribution in [0.15, 0.2) is 91.1 Å². The van der Waals surface area contributed by atoms with E-state index in [4.69, 9.17) is 5.73 Å². The van der Waals surface area contributed by atoms with Gasteiger partial charge in [0, 0.05) is 24.7 Å². The lowest BCUT2D eigenvalue weighted by Crippen LogP contribution is -2.47. The van der Waals surface area contributed by atoms with E-state index in [2.05, 4.69) is 37.8 Å². The molecule has 214 valence electrons. The molecule has 1 fully saturated rings. The molecule has 1 heterocycles. The topological polar surface area (TPSA) is 83.7 Å². The average molecular weight is 552 g/mol. The minimum Gasteiger partial charge on any atom is -0.363 e.